The predicted molar refractivity (Wildman–Crippen MR) is 102 cm³/mol. The van der Waals surface area contributed by atoms with Gasteiger partial charge in [-0.15, -0.1) is 0 Å². The fraction of sp³-hybridized carbons (Fsp3) is 0.300. The molecule has 0 aromatic heterocycles. The van der Waals surface area contributed by atoms with Crippen molar-refractivity contribution < 1.29 is 99.0 Å². The molecule has 0 amide bonds. The van der Waals surface area contributed by atoms with E-state index in [2.05, 4.69) is 5.32 Å². The third-order valence-electron chi connectivity index (χ3n) is 4.49. The number of nitrogens with one attached hydrogen (secondary N) is 1. The number of ether oxygens (including phenoxy) is 2. The first-order chi connectivity index (χ1) is 13.7. The Morgan fingerprint density at radius 2 is 1.72 bits per heavy atom. The molecule has 2 atom stereocenters. The third kappa shape index (κ3) is 7.07. The van der Waals surface area contributed by atoms with E-state index in [0.29, 0.717) is 23.6 Å². The van der Waals surface area contributed by atoms with E-state index in [1.54, 1.807) is 30.3 Å². The van der Waals surface area contributed by atoms with Gasteiger partial charge in [0.25, 0.3) is 0 Å². The van der Waals surface area contributed by atoms with Crippen LogP contribution in [0.25, 0.3) is 0 Å². The van der Waals surface area contributed by atoms with E-state index >= 15 is 0 Å². The fourth-order valence-electron chi connectivity index (χ4n) is 2.99. The molecule has 0 saturated heterocycles. The third-order valence-corrected chi connectivity index (χ3v) is 4.72. The quantitative estimate of drug-likeness (QED) is 0.276. The molecule has 1 unspecified atom stereocenters. The number of aliphatic hydroxyl groups excluding tert-OH is 1. The maximum Gasteiger partial charge on any atom is 1.00 e. The second kappa shape index (κ2) is 13.1. The van der Waals surface area contributed by atoms with Crippen molar-refractivity contribution in [1.82, 2.24) is 5.32 Å². The van der Waals surface area contributed by atoms with E-state index in [1.807, 2.05) is 6.92 Å². The van der Waals surface area contributed by atoms with Crippen LogP contribution in [0, 0.1) is 0 Å². The summed E-state index contributed by atoms with van der Waals surface area (Å²) in [6.45, 7) is 2.20. The zero-order valence-corrected chi connectivity index (χ0v) is 22.6. The summed E-state index contributed by atoms with van der Waals surface area (Å²) in [4.78, 5) is 22.3. The number of carboxylic acid groups (broad SMARTS) is 2. The Morgan fingerprint density at radius 3 is 2.31 bits per heavy atom. The second-order valence-electron chi connectivity index (χ2n) is 6.76. The molecule has 1 heterocycles. The molecule has 32 heavy (non-hydrogen) atoms. The number of carbonyl (C=O) groups excluding carboxylic acids is 2. The molecule has 2 aromatic carbocycles. The van der Waals surface area contributed by atoms with E-state index in [0.717, 1.165) is 5.56 Å². The van der Waals surface area contributed by atoms with Crippen molar-refractivity contribution in [3.63, 3.8) is 0 Å². The Balaban J connectivity index is 0.00000320. The Kier molecular flexibility index (Phi) is 12.8. The van der Waals surface area contributed by atoms with E-state index < -0.39 is 23.8 Å². The summed E-state index contributed by atoms with van der Waals surface area (Å²) in [6.07, 6.45) is -0.234. The van der Waals surface area contributed by atoms with E-state index in [-0.39, 0.29) is 82.1 Å². The summed E-state index contributed by atoms with van der Waals surface area (Å²) < 4.78 is 9.90. The van der Waals surface area contributed by atoms with Gasteiger partial charge in [-0.1, -0.05) is 29.8 Å². The largest absolute Gasteiger partial charge is 1.00 e. The van der Waals surface area contributed by atoms with Crippen LogP contribution in [0.4, 0.5) is 0 Å². The molecule has 0 radical (unpaired) electrons. The van der Waals surface area contributed by atoms with E-state index in [4.69, 9.17) is 21.1 Å². The molecule has 12 heteroatoms. The molecule has 3 rings (SSSR count). The Morgan fingerprint density at radius 1 is 1.09 bits per heavy atom. The van der Waals surface area contributed by atoms with Gasteiger partial charge in [-0.2, -0.15) is 0 Å². The summed E-state index contributed by atoms with van der Waals surface area (Å²) in [5, 5.41) is 36.3. The van der Waals surface area contributed by atoms with Gasteiger partial charge in [-0.25, -0.2) is 0 Å². The molecule has 9 nitrogen and oxygen atoms in total. The number of hydrogen-bond donors (Lipinski definition) is 2. The minimum Gasteiger partial charge on any atom is -0.542 e. The molecule has 0 spiro atoms. The zero-order chi connectivity index (χ0) is 21.2. The van der Waals surface area contributed by atoms with Crippen molar-refractivity contribution in [2.24, 2.45) is 0 Å². The number of carbonyl (C=O) groups is 2. The second-order valence-corrected chi connectivity index (χ2v) is 7.20. The molecule has 0 aliphatic carbocycles. The van der Waals surface area contributed by atoms with Gasteiger partial charge in [0.05, 0.1) is 6.10 Å². The van der Waals surface area contributed by atoms with Gasteiger partial charge in [0.2, 0.25) is 0 Å². The molecule has 0 bridgehead atoms. The van der Waals surface area contributed by atoms with Crippen LogP contribution in [0.2, 0.25) is 5.02 Å². The topological polar surface area (TPSA) is 162 Å². The molecule has 4 N–H and O–H groups in total. The van der Waals surface area contributed by atoms with Gasteiger partial charge >= 0.3 is 64.9 Å². The van der Waals surface area contributed by atoms with Crippen molar-refractivity contribution in [1.29, 1.82) is 0 Å². The van der Waals surface area contributed by atoms with Crippen LogP contribution >= 0.6 is 11.6 Å². The molecule has 0 fully saturated rings. The predicted octanol–water partition coefficient (Wildman–Crippen LogP) is -7.26. The molecule has 1 aliphatic rings. The Labute approximate surface area is 233 Å². The van der Waals surface area contributed by atoms with E-state index in [1.165, 1.54) is 12.1 Å². The number of hydrogen-bond acceptors (Lipinski definition) is 8. The average Bonchev–Trinajstić information content (AvgIpc) is 3.06. The number of fused-ring (bicyclic) bond motifs is 1. The molecule has 2 aromatic rings. The summed E-state index contributed by atoms with van der Waals surface area (Å²) >= 11 is 5.93. The molecule has 0 saturated carbocycles. The van der Waals surface area contributed by atoms with Crippen LogP contribution in [0.5, 0.6) is 11.5 Å². The SMILES string of the molecule is C[C@H](Cc1ccc2c(c1)OC(C(=O)[O-])(C(=O)[O-])O2)NCC(O)c1cccc(Cl)c1.O.[Na+].[Na+]. The van der Waals surface area contributed by atoms with Gasteiger partial charge in [-0.05, 0) is 48.7 Å². The minimum absolute atomic E-state index is 0. The first kappa shape index (κ1) is 31.1. The van der Waals surface area contributed by atoms with Gasteiger partial charge in [0.1, 0.15) is 11.9 Å². The van der Waals surface area contributed by atoms with Gasteiger partial charge < -0.3 is 45.2 Å². The maximum absolute atomic E-state index is 11.2. The van der Waals surface area contributed by atoms with Crippen LogP contribution in [0.1, 0.15) is 24.2 Å². The standard InChI is InChI=1S/C20H20ClNO7.2Na.H2O/c1-11(22-10-15(23)13-3-2-4-14(21)9-13)7-12-5-6-16-17(8-12)29-20(28-16,18(24)25)19(26)27;;;/h2-6,8-9,11,15,22-23H,7,10H2,1H3,(H,24,25)(H,26,27);;;1H2/q;2*+1;/p-2/t11-,15?;;;/m1.../s1. The number of aliphatic hydroxyl groups is 1. The van der Waals surface area contributed by atoms with Crippen molar-refractivity contribution >= 4 is 23.5 Å². The van der Waals surface area contributed by atoms with E-state index in [9.17, 15) is 24.9 Å². The van der Waals surface area contributed by atoms with Crippen LogP contribution in [-0.4, -0.2) is 40.9 Å². The van der Waals surface area contributed by atoms with Crippen LogP contribution < -0.4 is 84.1 Å². The average molecular weight is 484 g/mol. The summed E-state index contributed by atoms with van der Waals surface area (Å²) in [6, 6.07) is 11.5. The molecule has 1 aliphatic heterocycles. The summed E-state index contributed by atoms with van der Waals surface area (Å²) in [5.74, 6) is -7.16. The van der Waals surface area contributed by atoms with Crippen molar-refractivity contribution in [3.05, 3.63) is 58.6 Å². The number of rotatable bonds is 8. The number of aliphatic carboxylic acids is 2. The summed E-state index contributed by atoms with van der Waals surface area (Å²) in [7, 11) is 0. The monoisotopic (exact) mass is 483 g/mol. The van der Waals surface area contributed by atoms with Gasteiger partial charge in [0, 0.05) is 17.6 Å². The van der Waals surface area contributed by atoms with Crippen LogP contribution in [0.3, 0.4) is 0 Å². The molecule has 162 valence electrons. The van der Waals surface area contributed by atoms with Crippen molar-refractivity contribution in [2.75, 3.05) is 6.54 Å². The van der Waals surface area contributed by atoms with Crippen LogP contribution in [-0.2, 0) is 16.0 Å². The van der Waals surface area contributed by atoms with Gasteiger partial charge in [-0.3, -0.25) is 0 Å². The minimum atomic E-state index is -2.99. The normalized spacial score (nSPS) is 14.7. The first-order valence-corrected chi connectivity index (χ1v) is 9.20. The number of carboxylic acids is 2. The number of benzene rings is 2. The number of halogens is 1. The molecular weight excluding hydrogens is 464 g/mol. The van der Waals surface area contributed by atoms with Gasteiger partial charge in [0.15, 0.2) is 11.5 Å². The Hall–Kier alpha value is -0.850. The molecular formula is C20H20ClNNa2O8. The Bertz CT molecular complexity index is 932. The smallest absolute Gasteiger partial charge is 0.542 e. The zero-order valence-electron chi connectivity index (χ0n) is 17.9. The fourth-order valence-corrected chi connectivity index (χ4v) is 3.19. The van der Waals surface area contributed by atoms with Crippen LogP contribution in [0.15, 0.2) is 42.5 Å². The van der Waals surface area contributed by atoms with Crippen molar-refractivity contribution in [2.45, 2.75) is 31.3 Å². The first-order valence-electron chi connectivity index (χ1n) is 8.82. The maximum atomic E-state index is 11.2. The van der Waals surface area contributed by atoms with Crippen molar-refractivity contribution in [3.8, 4) is 11.5 Å². The summed E-state index contributed by atoms with van der Waals surface area (Å²) in [5.41, 5.74) is 1.44.